The number of carbonyl (C=O) groups excluding carboxylic acids is 1. The smallest absolute Gasteiger partial charge is 0.230 e. The van der Waals surface area contributed by atoms with Gasteiger partial charge in [0.05, 0.1) is 16.8 Å². The van der Waals surface area contributed by atoms with Gasteiger partial charge in [0, 0.05) is 28.7 Å². The third-order valence-electron chi connectivity index (χ3n) is 3.11. The van der Waals surface area contributed by atoms with E-state index in [1.807, 2.05) is 12.1 Å². The van der Waals surface area contributed by atoms with Crippen LogP contribution in [0, 0.1) is 5.82 Å². The molecule has 0 saturated carbocycles. The van der Waals surface area contributed by atoms with Crippen LogP contribution >= 0.6 is 35.0 Å². The predicted octanol–water partition coefficient (Wildman–Crippen LogP) is 4.64. The molecule has 0 bridgehead atoms. The number of benzene rings is 1. The van der Waals surface area contributed by atoms with Crippen LogP contribution in [0.3, 0.4) is 0 Å². The molecule has 1 amide bonds. The molecule has 0 spiro atoms. The van der Waals surface area contributed by atoms with Crippen LogP contribution in [0.2, 0.25) is 10.0 Å². The molecule has 0 radical (unpaired) electrons. The average Bonchev–Trinajstić information content (AvgIpc) is 2.52. The molecule has 0 saturated heterocycles. The van der Waals surface area contributed by atoms with E-state index in [-0.39, 0.29) is 16.7 Å². The summed E-state index contributed by atoms with van der Waals surface area (Å²) >= 11 is 13.5. The van der Waals surface area contributed by atoms with Crippen LogP contribution in [-0.2, 0) is 10.5 Å². The first-order chi connectivity index (χ1) is 11.0. The normalized spacial score (nSPS) is 12.0. The Morgan fingerprint density at radius 3 is 2.87 bits per heavy atom. The van der Waals surface area contributed by atoms with Gasteiger partial charge in [-0.3, -0.25) is 9.78 Å². The number of carbonyl (C=O) groups is 1. The molecule has 0 aliphatic heterocycles. The number of nitrogens with one attached hydrogen (secondary N) is 1. The fraction of sp³-hybridized carbons (Fsp3) is 0.250. The average molecular weight is 373 g/mol. The fourth-order valence-corrected chi connectivity index (χ4v) is 3.52. The monoisotopic (exact) mass is 372 g/mol. The zero-order valence-corrected chi connectivity index (χ0v) is 14.7. The van der Waals surface area contributed by atoms with Crippen LogP contribution in [0.5, 0.6) is 0 Å². The van der Waals surface area contributed by atoms with Crippen molar-refractivity contribution in [3.05, 3.63) is 63.6 Å². The summed E-state index contributed by atoms with van der Waals surface area (Å²) in [6, 6.07) is 5.96. The van der Waals surface area contributed by atoms with Gasteiger partial charge in [-0.15, -0.1) is 11.8 Å². The maximum absolute atomic E-state index is 13.5. The molecule has 0 aliphatic rings. The quantitative estimate of drug-likeness (QED) is 0.751. The van der Waals surface area contributed by atoms with Gasteiger partial charge < -0.3 is 5.32 Å². The van der Waals surface area contributed by atoms with Crippen molar-refractivity contribution in [2.24, 2.45) is 0 Å². The molecule has 1 atom stereocenters. The molecular weight excluding hydrogens is 358 g/mol. The van der Waals surface area contributed by atoms with Crippen LogP contribution < -0.4 is 5.32 Å². The number of hydrogen-bond acceptors (Lipinski definition) is 3. The third kappa shape index (κ3) is 5.09. The van der Waals surface area contributed by atoms with E-state index in [2.05, 4.69) is 10.3 Å². The van der Waals surface area contributed by atoms with Gasteiger partial charge in [0.2, 0.25) is 5.91 Å². The summed E-state index contributed by atoms with van der Waals surface area (Å²) in [5, 5.41) is 3.04. The summed E-state index contributed by atoms with van der Waals surface area (Å²) in [5.41, 5.74) is 1.44. The fourth-order valence-electron chi connectivity index (χ4n) is 2.04. The lowest BCUT2D eigenvalue weighted by Gasteiger charge is -2.17. The largest absolute Gasteiger partial charge is 0.349 e. The summed E-state index contributed by atoms with van der Waals surface area (Å²) in [6.07, 6.45) is 3.47. The molecule has 0 fully saturated rings. The molecule has 1 N–H and O–H groups in total. The second kappa shape index (κ2) is 8.52. The van der Waals surface area contributed by atoms with Crippen LogP contribution in [0.1, 0.15) is 24.1 Å². The minimum absolute atomic E-state index is 0.0617. The highest BCUT2D eigenvalue weighted by molar-refractivity contribution is 7.99. The van der Waals surface area contributed by atoms with Gasteiger partial charge in [0.25, 0.3) is 0 Å². The SMILES string of the molecule is CC(NC(=O)CSCc1cccnc1)c1c(Cl)ccc(F)c1Cl. The highest BCUT2D eigenvalue weighted by Crippen LogP contribution is 2.32. The van der Waals surface area contributed by atoms with Crippen molar-refractivity contribution in [2.45, 2.75) is 18.7 Å². The van der Waals surface area contributed by atoms with Gasteiger partial charge in [-0.1, -0.05) is 29.3 Å². The van der Waals surface area contributed by atoms with E-state index in [4.69, 9.17) is 23.2 Å². The van der Waals surface area contributed by atoms with Crippen molar-refractivity contribution in [1.29, 1.82) is 0 Å². The molecule has 2 aromatic rings. The summed E-state index contributed by atoms with van der Waals surface area (Å²) in [7, 11) is 0. The summed E-state index contributed by atoms with van der Waals surface area (Å²) < 4.78 is 13.5. The number of amides is 1. The summed E-state index contributed by atoms with van der Waals surface area (Å²) in [6.45, 7) is 1.72. The van der Waals surface area contributed by atoms with Crippen LogP contribution in [0.25, 0.3) is 0 Å². The number of pyridine rings is 1. The van der Waals surface area contributed by atoms with Gasteiger partial charge >= 0.3 is 0 Å². The van der Waals surface area contributed by atoms with Gasteiger partial charge in [0.1, 0.15) is 5.82 Å². The Labute approximate surface area is 148 Å². The van der Waals surface area contributed by atoms with E-state index in [1.54, 1.807) is 19.3 Å². The van der Waals surface area contributed by atoms with Gasteiger partial charge in [-0.25, -0.2) is 4.39 Å². The van der Waals surface area contributed by atoms with E-state index in [1.165, 1.54) is 23.9 Å². The van der Waals surface area contributed by atoms with E-state index >= 15 is 0 Å². The Kier molecular flexibility index (Phi) is 6.69. The van der Waals surface area contributed by atoms with Crippen molar-refractivity contribution in [2.75, 3.05) is 5.75 Å². The van der Waals surface area contributed by atoms with Crippen molar-refractivity contribution < 1.29 is 9.18 Å². The van der Waals surface area contributed by atoms with E-state index < -0.39 is 11.9 Å². The van der Waals surface area contributed by atoms with E-state index in [0.29, 0.717) is 16.3 Å². The Morgan fingerprint density at radius 2 is 2.17 bits per heavy atom. The number of aromatic nitrogens is 1. The highest BCUT2D eigenvalue weighted by Gasteiger charge is 2.18. The van der Waals surface area contributed by atoms with Gasteiger partial charge in [-0.05, 0) is 30.7 Å². The van der Waals surface area contributed by atoms with E-state index in [0.717, 1.165) is 5.56 Å². The highest BCUT2D eigenvalue weighted by atomic mass is 35.5. The molecule has 3 nitrogen and oxygen atoms in total. The first-order valence-corrected chi connectivity index (χ1v) is 8.79. The summed E-state index contributed by atoms with van der Waals surface area (Å²) in [5.74, 6) is 0.252. The molecule has 1 heterocycles. The first kappa shape index (κ1) is 18.0. The molecule has 7 heteroatoms. The van der Waals surface area contributed by atoms with Crippen molar-refractivity contribution in [3.8, 4) is 0 Å². The summed E-state index contributed by atoms with van der Waals surface area (Å²) in [4.78, 5) is 16.0. The second-order valence-corrected chi connectivity index (χ2v) is 6.67. The second-order valence-electron chi connectivity index (χ2n) is 4.90. The maximum atomic E-state index is 13.5. The minimum atomic E-state index is -0.557. The number of rotatable bonds is 6. The van der Waals surface area contributed by atoms with Crippen LogP contribution in [0.4, 0.5) is 4.39 Å². The maximum Gasteiger partial charge on any atom is 0.230 e. The standard InChI is InChI=1S/C16H15Cl2FN2OS/c1-10(15-12(17)4-5-13(19)16(15)18)21-14(22)9-23-8-11-3-2-6-20-7-11/h2-7,10H,8-9H2,1H3,(H,21,22). The predicted molar refractivity (Wildman–Crippen MR) is 93.4 cm³/mol. The Morgan fingerprint density at radius 1 is 1.39 bits per heavy atom. The lowest BCUT2D eigenvalue weighted by atomic mass is 10.1. The first-order valence-electron chi connectivity index (χ1n) is 6.88. The molecule has 1 aromatic carbocycles. The molecule has 1 aromatic heterocycles. The van der Waals surface area contributed by atoms with E-state index in [9.17, 15) is 9.18 Å². The van der Waals surface area contributed by atoms with Gasteiger partial charge in [0.15, 0.2) is 0 Å². The van der Waals surface area contributed by atoms with Crippen molar-refractivity contribution in [3.63, 3.8) is 0 Å². The lowest BCUT2D eigenvalue weighted by molar-refractivity contribution is -0.119. The third-order valence-corrected chi connectivity index (χ3v) is 4.83. The lowest BCUT2D eigenvalue weighted by Crippen LogP contribution is -2.28. The van der Waals surface area contributed by atoms with Crippen molar-refractivity contribution >= 4 is 40.9 Å². The zero-order valence-electron chi connectivity index (χ0n) is 12.4. The Bertz CT molecular complexity index is 685. The minimum Gasteiger partial charge on any atom is -0.349 e. The van der Waals surface area contributed by atoms with Crippen LogP contribution in [0.15, 0.2) is 36.7 Å². The molecule has 23 heavy (non-hydrogen) atoms. The van der Waals surface area contributed by atoms with Crippen LogP contribution in [-0.4, -0.2) is 16.6 Å². The topological polar surface area (TPSA) is 42.0 Å². The Hall–Kier alpha value is -1.30. The van der Waals surface area contributed by atoms with Crippen molar-refractivity contribution in [1.82, 2.24) is 10.3 Å². The number of nitrogens with zero attached hydrogens (tertiary/aromatic N) is 1. The number of thioether (sulfide) groups is 1. The molecule has 1 unspecified atom stereocenters. The zero-order chi connectivity index (χ0) is 16.8. The number of halogens is 3. The number of hydrogen-bond donors (Lipinski definition) is 1. The van der Waals surface area contributed by atoms with Gasteiger partial charge in [-0.2, -0.15) is 0 Å². The molecule has 0 aliphatic carbocycles. The molecule has 122 valence electrons. The molecular formula is C16H15Cl2FN2OS. The molecule has 2 rings (SSSR count). The Balaban J connectivity index is 1.89.